The van der Waals surface area contributed by atoms with Crippen molar-refractivity contribution >= 4 is 40.7 Å². The molecule has 0 spiro atoms. The van der Waals surface area contributed by atoms with Gasteiger partial charge >= 0.3 is 5.97 Å². The number of β-amino-alcohol motifs (C(OH)–C–C–N with tert-alkyl or cyclic N) is 1. The van der Waals surface area contributed by atoms with E-state index in [0.717, 1.165) is 5.69 Å². The molecule has 1 amide bonds. The maximum absolute atomic E-state index is 12.6. The van der Waals surface area contributed by atoms with Gasteiger partial charge < -0.3 is 31.5 Å². The van der Waals surface area contributed by atoms with Crippen LogP contribution in [0.5, 0.6) is 0 Å². The van der Waals surface area contributed by atoms with Gasteiger partial charge in [-0.3, -0.25) is 14.6 Å². The summed E-state index contributed by atoms with van der Waals surface area (Å²) < 4.78 is 0. The zero-order chi connectivity index (χ0) is 23.8. The van der Waals surface area contributed by atoms with E-state index >= 15 is 0 Å². The van der Waals surface area contributed by atoms with Gasteiger partial charge in [0.2, 0.25) is 5.95 Å². The van der Waals surface area contributed by atoms with Crippen molar-refractivity contribution in [1.82, 2.24) is 14.9 Å². The van der Waals surface area contributed by atoms with Crippen molar-refractivity contribution in [3.8, 4) is 0 Å². The number of amides is 1. The Kier molecular flexibility index (Phi) is 5.77. The molecule has 12 nitrogen and oxygen atoms in total. The Hall–Kier alpha value is -3.93. The maximum Gasteiger partial charge on any atom is 0.326 e. The number of aliphatic imine (C=N–C) groups is 1. The van der Waals surface area contributed by atoms with E-state index in [-0.39, 0.29) is 18.2 Å². The molecule has 12 heteroatoms. The highest BCUT2D eigenvalue weighted by Gasteiger charge is 2.55. The molecule has 0 saturated carbocycles. The molecule has 1 saturated heterocycles. The highest BCUT2D eigenvalue weighted by molar-refractivity contribution is 5.97. The number of H-pyrrole nitrogens is 1. The minimum Gasteiger partial charge on any atom is -0.480 e. The molecule has 0 radical (unpaired) electrons. The number of rotatable bonds is 8. The van der Waals surface area contributed by atoms with Crippen molar-refractivity contribution in [1.29, 1.82) is 0 Å². The molecular weight excluding hydrogens is 430 g/mol. The topological polar surface area (TPSA) is 186 Å². The van der Waals surface area contributed by atoms with Crippen molar-refractivity contribution in [2.24, 2.45) is 4.99 Å². The number of nitrogens with one attached hydrogen (secondary N) is 3. The summed E-state index contributed by atoms with van der Waals surface area (Å²) in [5.74, 6) is -1.33. The van der Waals surface area contributed by atoms with Gasteiger partial charge in [0.05, 0.1) is 25.3 Å². The molecule has 3 heterocycles. The van der Waals surface area contributed by atoms with Crippen LogP contribution in [0.2, 0.25) is 0 Å². The molecule has 1 aromatic heterocycles. The number of carbonyl (C=O) groups excluding carboxylic acids is 1. The van der Waals surface area contributed by atoms with Gasteiger partial charge in [-0.25, -0.2) is 9.79 Å². The number of nitrogen functional groups attached to an aromatic ring is 1. The molecule has 4 rings (SSSR count). The molecule has 2 aliphatic rings. The number of nitrogens with zero attached hydrogens (tertiary/aromatic N) is 3. The standard InChI is InChI=1S/C21H25N7O5/c1-2-3-14(18(30)31)28-10-21(33,19(28)32)11-4-6-12(7-5-11)23-8-13-9-24-16-15(25-13)17(29)27-20(22)26-16/h4-7,14,23,33H,2-3,8-10H2,1H3,(H,30,31)(H4,22,24,26,27,29). The Morgan fingerprint density at radius 1 is 1.33 bits per heavy atom. The van der Waals surface area contributed by atoms with Crippen LogP contribution in [-0.2, 0) is 15.2 Å². The lowest BCUT2D eigenvalue weighted by Gasteiger charge is -2.47. The summed E-state index contributed by atoms with van der Waals surface area (Å²) in [7, 11) is 0. The summed E-state index contributed by atoms with van der Waals surface area (Å²) in [6, 6.07) is 5.74. The molecule has 0 aliphatic carbocycles. The van der Waals surface area contributed by atoms with Crippen molar-refractivity contribution in [3.63, 3.8) is 0 Å². The average Bonchev–Trinajstić information content (AvgIpc) is 2.79. The van der Waals surface area contributed by atoms with E-state index in [1.54, 1.807) is 24.3 Å². The predicted octanol–water partition coefficient (Wildman–Crippen LogP) is 0.245. The highest BCUT2D eigenvalue weighted by Crippen LogP contribution is 2.36. The lowest BCUT2D eigenvalue weighted by molar-refractivity contribution is -0.187. The van der Waals surface area contributed by atoms with Crippen LogP contribution in [0.1, 0.15) is 25.3 Å². The number of aromatic nitrogens is 2. The summed E-state index contributed by atoms with van der Waals surface area (Å²) in [5, 5.41) is 26.3. The van der Waals surface area contributed by atoms with Gasteiger partial charge in [-0.1, -0.05) is 25.5 Å². The predicted molar refractivity (Wildman–Crippen MR) is 122 cm³/mol. The van der Waals surface area contributed by atoms with Gasteiger partial charge in [-0.05, 0) is 24.1 Å². The van der Waals surface area contributed by atoms with E-state index in [9.17, 15) is 24.6 Å². The second-order valence-corrected chi connectivity index (χ2v) is 8.05. The van der Waals surface area contributed by atoms with Gasteiger partial charge in [0.15, 0.2) is 17.1 Å². The summed E-state index contributed by atoms with van der Waals surface area (Å²) in [4.78, 5) is 48.0. The first-order valence-electron chi connectivity index (χ1n) is 10.5. The number of nitrogens with two attached hydrogens (primary N) is 1. The Balaban J connectivity index is 1.40. The molecule has 0 bridgehead atoms. The van der Waals surface area contributed by atoms with E-state index < -0.39 is 29.1 Å². The molecule has 7 N–H and O–H groups in total. The lowest BCUT2D eigenvalue weighted by Crippen LogP contribution is -2.68. The SMILES string of the molecule is CCCC(C(=O)O)N1CC(O)(c2ccc(NCC3=Nc4c(nc(N)[nH]c4=O)NC3)cc2)C1=O. The summed E-state index contributed by atoms with van der Waals surface area (Å²) >= 11 is 0. The van der Waals surface area contributed by atoms with Crippen LogP contribution in [0.4, 0.5) is 23.1 Å². The van der Waals surface area contributed by atoms with Crippen LogP contribution in [0, 0.1) is 0 Å². The average molecular weight is 455 g/mol. The first-order chi connectivity index (χ1) is 15.7. The molecule has 2 aliphatic heterocycles. The van der Waals surface area contributed by atoms with E-state index in [1.165, 1.54) is 4.90 Å². The molecule has 1 aromatic carbocycles. The fourth-order valence-electron chi connectivity index (χ4n) is 3.95. The summed E-state index contributed by atoms with van der Waals surface area (Å²) in [6.07, 6.45) is 0.948. The Morgan fingerprint density at radius 2 is 2.06 bits per heavy atom. The highest BCUT2D eigenvalue weighted by atomic mass is 16.4. The fourth-order valence-corrected chi connectivity index (χ4v) is 3.95. The molecule has 33 heavy (non-hydrogen) atoms. The molecule has 2 aromatic rings. The second-order valence-electron chi connectivity index (χ2n) is 8.05. The van der Waals surface area contributed by atoms with Crippen molar-refractivity contribution in [2.45, 2.75) is 31.4 Å². The quantitative estimate of drug-likeness (QED) is 0.303. The summed E-state index contributed by atoms with van der Waals surface area (Å²) in [6.45, 7) is 2.52. The third kappa shape index (κ3) is 4.12. The number of aromatic amines is 1. The van der Waals surface area contributed by atoms with E-state index in [2.05, 4.69) is 25.6 Å². The smallest absolute Gasteiger partial charge is 0.326 e. The van der Waals surface area contributed by atoms with Crippen LogP contribution in [0.15, 0.2) is 34.1 Å². The number of hydrogen-bond donors (Lipinski definition) is 6. The number of likely N-dealkylation sites (tertiary alicyclic amines) is 1. The minimum atomic E-state index is -1.73. The number of fused-ring (bicyclic) bond motifs is 1. The normalized spacial score (nSPS) is 20.2. The first kappa shape index (κ1) is 22.3. The van der Waals surface area contributed by atoms with Gasteiger partial charge in [-0.2, -0.15) is 4.98 Å². The number of carbonyl (C=O) groups is 2. The molecule has 2 unspecified atom stereocenters. The zero-order valence-electron chi connectivity index (χ0n) is 18.0. The Labute approximate surface area is 188 Å². The molecule has 1 fully saturated rings. The minimum absolute atomic E-state index is 0.0154. The summed E-state index contributed by atoms with van der Waals surface area (Å²) in [5.41, 5.74) is 5.35. The number of aliphatic carboxylic acids is 1. The fraction of sp³-hybridized carbons (Fsp3) is 0.381. The van der Waals surface area contributed by atoms with Crippen molar-refractivity contribution < 1.29 is 19.8 Å². The van der Waals surface area contributed by atoms with Gasteiger partial charge in [0.25, 0.3) is 11.5 Å². The Morgan fingerprint density at radius 3 is 2.70 bits per heavy atom. The third-order valence-corrected chi connectivity index (χ3v) is 5.74. The zero-order valence-corrected chi connectivity index (χ0v) is 18.0. The number of carboxylic acids is 1. The molecule has 2 atom stereocenters. The van der Waals surface area contributed by atoms with E-state index in [0.29, 0.717) is 43.0 Å². The molecular formula is C21H25N7O5. The maximum atomic E-state index is 12.6. The molecule has 174 valence electrons. The number of carboxylic acid groups (broad SMARTS) is 1. The van der Waals surface area contributed by atoms with Crippen molar-refractivity contribution in [2.75, 3.05) is 36.0 Å². The van der Waals surface area contributed by atoms with E-state index in [4.69, 9.17) is 5.73 Å². The largest absolute Gasteiger partial charge is 0.480 e. The Bertz CT molecular complexity index is 1180. The first-order valence-corrected chi connectivity index (χ1v) is 10.5. The lowest BCUT2D eigenvalue weighted by atomic mass is 9.83. The van der Waals surface area contributed by atoms with Gasteiger partial charge in [-0.15, -0.1) is 0 Å². The van der Waals surface area contributed by atoms with Gasteiger partial charge in [0.1, 0.15) is 6.04 Å². The second kappa shape index (κ2) is 8.54. The van der Waals surface area contributed by atoms with E-state index in [1.807, 2.05) is 6.92 Å². The number of hydrogen-bond acceptors (Lipinski definition) is 9. The van der Waals surface area contributed by atoms with Crippen LogP contribution in [0.3, 0.4) is 0 Å². The monoisotopic (exact) mass is 455 g/mol. The van der Waals surface area contributed by atoms with Crippen LogP contribution in [-0.4, -0.2) is 68.3 Å². The van der Waals surface area contributed by atoms with Crippen LogP contribution >= 0.6 is 0 Å². The number of benzene rings is 1. The number of aliphatic hydroxyl groups is 1. The van der Waals surface area contributed by atoms with Crippen LogP contribution < -0.4 is 21.9 Å². The van der Waals surface area contributed by atoms with Crippen molar-refractivity contribution in [3.05, 3.63) is 40.2 Å². The van der Waals surface area contributed by atoms with Gasteiger partial charge in [0, 0.05) is 5.69 Å². The van der Waals surface area contributed by atoms with Crippen LogP contribution in [0.25, 0.3) is 0 Å². The number of anilines is 3. The third-order valence-electron chi connectivity index (χ3n) is 5.74. The number of β-lactam (4-membered cyclic amide) rings is 1.